The smallest absolute Gasteiger partial charge is 0.312 e. The molecule has 0 heterocycles. The molecule has 1 aliphatic carbocycles. The quantitative estimate of drug-likeness (QED) is 0.761. The SMILES string of the molecule is Cc1cccc(CC2(C(=O)OC(C)(C)C)CC2)c1. The lowest BCUT2D eigenvalue weighted by atomic mass is 9.95. The van der Waals surface area contributed by atoms with E-state index in [4.69, 9.17) is 4.74 Å². The van der Waals surface area contributed by atoms with Gasteiger partial charge in [-0.2, -0.15) is 0 Å². The molecule has 2 heteroatoms. The molecule has 0 N–H and O–H groups in total. The average Bonchev–Trinajstić information content (AvgIpc) is 2.96. The van der Waals surface area contributed by atoms with Crippen LogP contribution in [0.1, 0.15) is 44.7 Å². The number of carbonyl (C=O) groups is 1. The normalized spacial score (nSPS) is 17.3. The second-order valence-corrected chi connectivity index (χ2v) is 6.45. The van der Waals surface area contributed by atoms with Crippen LogP contribution in [0.25, 0.3) is 0 Å². The first-order chi connectivity index (χ1) is 8.31. The summed E-state index contributed by atoms with van der Waals surface area (Å²) in [5.41, 5.74) is 1.84. The van der Waals surface area contributed by atoms with E-state index in [-0.39, 0.29) is 17.0 Å². The van der Waals surface area contributed by atoms with Gasteiger partial charge in [0.15, 0.2) is 0 Å². The van der Waals surface area contributed by atoms with Crippen molar-refractivity contribution in [2.24, 2.45) is 5.41 Å². The van der Waals surface area contributed by atoms with Gasteiger partial charge in [0.25, 0.3) is 0 Å². The van der Waals surface area contributed by atoms with Crippen LogP contribution in [-0.2, 0) is 16.0 Å². The molecule has 0 aliphatic heterocycles. The fourth-order valence-corrected chi connectivity index (χ4v) is 2.20. The molecule has 98 valence electrons. The summed E-state index contributed by atoms with van der Waals surface area (Å²) in [6.45, 7) is 7.85. The summed E-state index contributed by atoms with van der Waals surface area (Å²) in [4.78, 5) is 12.2. The summed E-state index contributed by atoms with van der Waals surface area (Å²) >= 11 is 0. The van der Waals surface area contributed by atoms with Crippen molar-refractivity contribution in [3.63, 3.8) is 0 Å². The molecular formula is C16H22O2. The molecule has 1 aliphatic rings. The minimum absolute atomic E-state index is 0.0310. The molecule has 2 nitrogen and oxygen atoms in total. The van der Waals surface area contributed by atoms with Crippen molar-refractivity contribution >= 4 is 5.97 Å². The van der Waals surface area contributed by atoms with Gasteiger partial charge in [-0.1, -0.05) is 29.8 Å². The average molecular weight is 246 g/mol. The summed E-state index contributed by atoms with van der Waals surface area (Å²) in [7, 11) is 0. The third-order valence-electron chi connectivity index (χ3n) is 3.31. The van der Waals surface area contributed by atoms with Crippen LogP contribution in [0.3, 0.4) is 0 Å². The highest BCUT2D eigenvalue weighted by Gasteiger charge is 2.51. The number of aryl methyl sites for hydroxylation is 1. The van der Waals surface area contributed by atoms with Gasteiger partial charge < -0.3 is 4.74 Å². The van der Waals surface area contributed by atoms with E-state index >= 15 is 0 Å². The lowest BCUT2D eigenvalue weighted by Crippen LogP contribution is -2.30. The Bertz CT molecular complexity index is 450. The zero-order chi connectivity index (χ0) is 13.4. The molecule has 1 aromatic carbocycles. The van der Waals surface area contributed by atoms with E-state index in [1.165, 1.54) is 11.1 Å². The molecule has 1 aromatic rings. The number of rotatable bonds is 3. The number of hydrogen-bond donors (Lipinski definition) is 0. The van der Waals surface area contributed by atoms with Gasteiger partial charge in [0.2, 0.25) is 0 Å². The van der Waals surface area contributed by atoms with Crippen LogP contribution in [0, 0.1) is 12.3 Å². The molecule has 0 amide bonds. The molecule has 18 heavy (non-hydrogen) atoms. The van der Waals surface area contributed by atoms with Crippen LogP contribution in [0.5, 0.6) is 0 Å². The Morgan fingerprint density at radius 1 is 1.33 bits per heavy atom. The minimum Gasteiger partial charge on any atom is -0.460 e. The Balaban J connectivity index is 2.07. The molecule has 0 saturated heterocycles. The zero-order valence-corrected chi connectivity index (χ0v) is 11.7. The molecule has 0 atom stereocenters. The highest BCUT2D eigenvalue weighted by Crippen LogP contribution is 2.50. The van der Waals surface area contributed by atoms with E-state index in [1.54, 1.807) is 0 Å². The number of carbonyl (C=O) groups excluding carboxylic acids is 1. The van der Waals surface area contributed by atoms with Crippen LogP contribution in [0.15, 0.2) is 24.3 Å². The standard InChI is InChI=1S/C16H22O2/c1-12-6-5-7-13(10-12)11-16(8-9-16)14(17)18-15(2,3)4/h5-7,10H,8-9,11H2,1-4H3. The molecule has 1 saturated carbocycles. The Morgan fingerprint density at radius 2 is 2.00 bits per heavy atom. The van der Waals surface area contributed by atoms with Crippen molar-refractivity contribution in [3.05, 3.63) is 35.4 Å². The van der Waals surface area contributed by atoms with Gasteiger partial charge in [0, 0.05) is 0 Å². The fraction of sp³-hybridized carbons (Fsp3) is 0.562. The highest BCUT2D eigenvalue weighted by atomic mass is 16.6. The van der Waals surface area contributed by atoms with Crippen molar-refractivity contribution < 1.29 is 9.53 Å². The van der Waals surface area contributed by atoms with Gasteiger partial charge in [-0.15, -0.1) is 0 Å². The van der Waals surface area contributed by atoms with E-state index in [0.717, 1.165) is 19.3 Å². The van der Waals surface area contributed by atoms with Crippen LogP contribution in [-0.4, -0.2) is 11.6 Å². The number of hydrogen-bond acceptors (Lipinski definition) is 2. The second kappa shape index (κ2) is 4.42. The van der Waals surface area contributed by atoms with Gasteiger partial charge in [-0.05, 0) is 52.5 Å². The van der Waals surface area contributed by atoms with Crippen molar-refractivity contribution in [2.45, 2.75) is 52.6 Å². The fourth-order valence-electron chi connectivity index (χ4n) is 2.20. The van der Waals surface area contributed by atoms with Crippen LogP contribution >= 0.6 is 0 Å². The second-order valence-electron chi connectivity index (χ2n) is 6.45. The topological polar surface area (TPSA) is 26.3 Å². The van der Waals surface area contributed by atoms with E-state index < -0.39 is 0 Å². The van der Waals surface area contributed by atoms with E-state index in [2.05, 4.69) is 31.2 Å². The zero-order valence-electron chi connectivity index (χ0n) is 11.7. The molecular weight excluding hydrogens is 224 g/mol. The Morgan fingerprint density at radius 3 is 2.50 bits per heavy atom. The molecule has 0 aromatic heterocycles. The van der Waals surface area contributed by atoms with Gasteiger partial charge >= 0.3 is 5.97 Å². The number of benzene rings is 1. The molecule has 0 spiro atoms. The summed E-state index contributed by atoms with van der Waals surface area (Å²) in [5.74, 6) is -0.0310. The number of esters is 1. The first-order valence-corrected chi connectivity index (χ1v) is 6.60. The summed E-state index contributed by atoms with van der Waals surface area (Å²) in [6.07, 6.45) is 2.72. The summed E-state index contributed by atoms with van der Waals surface area (Å²) in [6, 6.07) is 8.38. The van der Waals surface area contributed by atoms with Crippen molar-refractivity contribution in [3.8, 4) is 0 Å². The van der Waals surface area contributed by atoms with Crippen molar-refractivity contribution in [1.29, 1.82) is 0 Å². The van der Waals surface area contributed by atoms with Crippen LogP contribution in [0.4, 0.5) is 0 Å². The monoisotopic (exact) mass is 246 g/mol. The summed E-state index contributed by atoms with van der Waals surface area (Å²) in [5, 5.41) is 0. The van der Waals surface area contributed by atoms with E-state index in [1.807, 2.05) is 20.8 Å². The van der Waals surface area contributed by atoms with Gasteiger partial charge in [-0.3, -0.25) is 4.79 Å². The van der Waals surface area contributed by atoms with Crippen LogP contribution < -0.4 is 0 Å². The Hall–Kier alpha value is -1.31. The largest absolute Gasteiger partial charge is 0.460 e. The lowest BCUT2D eigenvalue weighted by Gasteiger charge is -2.23. The maximum atomic E-state index is 12.2. The molecule has 0 unspecified atom stereocenters. The first kappa shape index (κ1) is 13.1. The molecule has 0 bridgehead atoms. The third kappa shape index (κ3) is 3.12. The highest BCUT2D eigenvalue weighted by molar-refractivity contribution is 5.80. The summed E-state index contributed by atoms with van der Waals surface area (Å²) < 4.78 is 5.53. The van der Waals surface area contributed by atoms with Crippen LogP contribution in [0.2, 0.25) is 0 Å². The van der Waals surface area contributed by atoms with Crippen molar-refractivity contribution in [1.82, 2.24) is 0 Å². The van der Waals surface area contributed by atoms with Gasteiger partial charge in [0.05, 0.1) is 5.41 Å². The molecule has 2 rings (SSSR count). The lowest BCUT2D eigenvalue weighted by molar-refractivity contribution is -0.161. The first-order valence-electron chi connectivity index (χ1n) is 6.60. The maximum Gasteiger partial charge on any atom is 0.312 e. The van der Waals surface area contributed by atoms with Gasteiger partial charge in [-0.25, -0.2) is 0 Å². The van der Waals surface area contributed by atoms with E-state index in [0.29, 0.717) is 0 Å². The van der Waals surface area contributed by atoms with Crippen molar-refractivity contribution in [2.75, 3.05) is 0 Å². The minimum atomic E-state index is -0.390. The molecule has 1 fully saturated rings. The molecule has 0 radical (unpaired) electrons. The Kier molecular flexibility index (Phi) is 3.22. The van der Waals surface area contributed by atoms with Gasteiger partial charge in [0.1, 0.15) is 5.60 Å². The number of ether oxygens (including phenoxy) is 1. The predicted molar refractivity (Wildman–Crippen MR) is 72.4 cm³/mol. The predicted octanol–water partition coefficient (Wildman–Crippen LogP) is 3.66. The third-order valence-corrected chi connectivity index (χ3v) is 3.31. The Labute approximate surface area is 109 Å². The maximum absolute atomic E-state index is 12.2. The van der Waals surface area contributed by atoms with E-state index in [9.17, 15) is 4.79 Å².